The third-order valence-electron chi connectivity index (χ3n) is 5.60. The summed E-state index contributed by atoms with van der Waals surface area (Å²) in [6.45, 7) is 2.45. The topological polar surface area (TPSA) is 66.4 Å². The van der Waals surface area contributed by atoms with Crippen LogP contribution in [-0.2, 0) is 4.79 Å². The van der Waals surface area contributed by atoms with E-state index in [0.717, 1.165) is 0 Å². The second kappa shape index (κ2) is 5.91. The van der Waals surface area contributed by atoms with Crippen LogP contribution in [0.4, 0.5) is 0 Å². The molecule has 3 fully saturated rings. The smallest absolute Gasteiger partial charge is 0.274 e. The molecular weight excluding hydrogens is 292 g/mol. The Balaban J connectivity index is 1.33. The number of amides is 2. The lowest BCUT2D eigenvalue weighted by atomic mass is 10.0. The maximum Gasteiger partial charge on any atom is 0.274 e. The van der Waals surface area contributed by atoms with E-state index in [1.165, 1.54) is 38.1 Å². The Bertz CT molecular complexity index is 586. The zero-order chi connectivity index (χ0) is 15.8. The number of hydrogen-bond acceptors (Lipinski definition) is 4. The summed E-state index contributed by atoms with van der Waals surface area (Å²) in [4.78, 5) is 36.8. The predicted molar refractivity (Wildman–Crippen MR) is 83.5 cm³/mol. The van der Waals surface area contributed by atoms with Gasteiger partial charge < -0.3 is 9.80 Å². The molecule has 2 heterocycles. The Morgan fingerprint density at radius 2 is 1.61 bits per heavy atom. The van der Waals surface area contributed by atoms with E-state index in [9.17, 15) is 9.59 Å². The van der Waals surface area contributed by atoms with Crippen molar-refractivity contribution in [2.75, 3.05) is 26.2 Å². The van der Waals surface area contributed by atoms with E-state index in [0.29, 0.717) is 49.6 Å². The third kappa shape index (κ3) is 2.71. The van der Waals surface area contributed by atoms with Crippen molar-refractivity contribution in [3.05, 3.63) is 24.3 Å². The van der Waals surface area contributed by atoms with Crippen LogP contribution in [0.25, 0.3) is 0 Å². The van der Waals surface area contributed by atoms with Crippen LogP contribution in [0.3, 0.4) is 0 Å². The first-order chi connectivity index (χ1) is 11.3. The van der Waals surface area contributed by atoms with Gasteiger partial charge >= 0.3 is 0 Å². The van der Waals surface area contributed by atoms with Crippen molar-refractivity contribution in [1.82, 2.24) is 19.8 Å². The minimum Gasteiger partial charge on any atom is -0.339 e. The second-order valence-corrected chi connectivity index (χ2v) is 6.85. The summed E-state index contributed by atoms with van der Waals surface area (Å²) in [6, 6.07) is 0. The van der Waals surface area contributed by atoms with Gasteiger partial charge in [-0.3, -0.25) is 14.6 Å². The number of carbonyl (C=O) groups is 2. The van der Waals surface area contributed by atoms with E-state index in [1.807, 2.05) is 4.90 Å². The number of hydrogen-bond donors (Lipinski definition) is 0. The molecule has 23 heavy (non-hydrogen) atoms. The largest absolute Gasteiger partial charge is 0.339 e. The number of piperazine rings is 1. The SMILES string of the molecule is O=C(c1cnccn1)N1CCN(C(=O)C2[C@H]3CCCC[C@@H]23)CC1. The minimum atomic E-state index is -0.0923. The summed E-state index contributed by atoms with van der Waals surface area (Å²) in [5.74, 6) is 1.81. The van der Waals surface area contributed by atoms with E-state index in [-0.39, 0.29) is 11.8 Å². The molecule has 122 valence electrons. The van der Waals surface area contributed by atoms with Crippen molar-refractivity contribution in [2.45, 2.75) is 25.7 Å². The van der Waals surface area contributed by atoms with Gasteiger partial charge in [-0.1, -0.05) is 12.8 Å². The Morgan fingerprint density at radius 1 is 0.957 bits per heavy atom. The van der Waals surface area contributed by atoms with Gasteiger partial charge in [0.1, 0.15) is 5.69 Å². The van der Waals surface area contributed by atoms with E-state index in [4.69, 9.17) is 0 Å². The Morgan fingerprint density at radius 3 is 2.22 bits per heavy atom. The van der Waals surface area contributed by atoms with Gasteiger partial charge in [-0.2, -0.15) is 0 Å². The van der Waals surface area contributed by atoms with Crippen molar-refractivity contribution in [3.8, 4) is 0 Å². The number of carbonyl (C=O) groups excluding carboxylic acids is 2. The van der Waals surface area contributed by atoms with Crippen molar-refractivity contribution in [3.63, 3.8) is 0 Å². The first-order valence-electron chi connectivity index (χ1n) is 8.60. The van der Waals surface area contributed by atoms with Crippen molar-refractivity contribution in [2.24, 2.45) is 17.8 Å². The summed E-state index contributed by atoms with van der Waals surface area (Å²) in [7, 11) is 0. The molecule has 2 amide bonds. The average Bonchev–Trinajstić information content (AvgIpc) is 3.36. The fourth-order valence-corrected chi connectivity index (χ4v) is 4.27. The summed E-state index contributed by atoms with van der Waals surface area (Å²) in [5, 5.41) is 0. The van der Waals surface area contributed by atoms with Crippen LogP contribution in [0.2, 0.25) is 0 Å². The van der Waals surface area contributed by atoms with Gasteiger partial charge in [-0.25, -0.2) is 4.98 Å². The van der Waals surface area contributed by atoms with Crippen molar-refractivity contribution < 1.29 is 9.59 Å². The average molecular weight is 314 g/mol. The van der Waals surface area contributed by atoms with Gasteiger partial charge in [0.05, 0.1) is 6.20 Å². The Kier molecular flexibility index (Phi) is 3.75. The van der Waals surface area contributed by atoms with Gasteiger partial charge in [-0.05, 0) is 24.7 Å². The number of fused-ring (bicyclic) bond motifs is 1. The highest BCUT2D eigenvalue weighted by Crippen LogP contribution is 2.56. The van der Waals surface area contributed by atoms with E-state index >= 15 is 0 Å². The summed E-state index contributed by atoms with van der Waals surface area (Å²) in [6.07, 6.45) is 9.61. The molecule has 0 radical (unpaired) electrons. The van der Waals surface area contributed by atoms with Crippen LogP contribution in [0.5, 0.6) is 0 Å². The minimum absolute atomic E-state index is 0.0923. The van der Waals surface area contributed by atoms with Gasteiger partial charge in [0.2, 0.25) is 5.91 Å². The van der Waals surface area contributed by atoms with Gasteiger partial charge in [0, 0.05) is 44.5 Å². The molecule has 2 saturated carbocycles. The van der Waals surface area contributed by atoms with E-state index in [1.54, 1.807) is 11.1 Å². The molecule has 4 rings (SSSR count). The molecule has 0 aromatic carbocycles. The molecular formula is C17H22N4O2. The maximum atomic E-state index is 12.7. The van der Waals surface area contributed by atoms with Gasteiger partial charge in [0.15, 0.2) is 0 Å². The molecule has 0 N–H and O–H groups in total. The van der Waals surface area contributed by atoms with Crippen molar-refractivity contribution >= 4 is 11.8 Å². The van der Waals surface area contributed by atoms with E-state index in [2.05, 4.69) is 9.97 Å². The molecule has 0 spiro atoms. The molecule has 1 saturated heterocycles. The fraction of sp³-hybridized carbons (Fsp3) is 0.647. The maximum absolute atomic E-state index is 12.7. The lowest BCUT2D eigenvalue weighted by Crippen LogP contribution is -2.51. The third-order valence-corrected chi connectivity index (χ3v) is 5.60. The first-order valence-corrected chi connectivity index (χ1v) is 8.60. The standard InChI is InChI=1S/C17H22N4O2/c22-16(14-11-18-5-6-19-14)20-7-9-21(10-8-20)17(23)15-12-3-1-2-4-13(12)15/h5-6,11-13,15H,1-4,7-10H2/t12-,13+,15?. The quantitative estimate of drug-likeness (QED) is 0.822. The molecule has 1 unspecified atom stereocenters. The summed E-state index contributed by atoms with van der Waals surface area (Å²) in [5.41, 5.74) is 0.375. The van der Waals surface area contributed by atoms with Crippen LogP contribution in [0, 0.1) is 17.8 Å². The fourth-order valence-electron chi connectivity index (χ4n) is 4.27. The lowest BCUT2D eigenvalue weighted by molar-refractivity contribution is -0.134. The van der Waals surface area contributed by atoms with Crippen LogP contribution < -0.4 is 0 Å². The predicted octanol–water partition coefficient (Wildman–Crippen LogP) is 1.20. The Labute approximate surface area is 135 Å². The number of rotatable bonds is 2. The molecule has 6 heteroatoms. The highest BCUT2D eigenvalue weighted by Gasteiger charge is 2.55. The lowest BCUT2D eigenvalue weighted by Gasteiger charge is -2.34. The summed E-state index contributed by atoms with van der Waals surface area (Å²) < 4.78 is 0. The second-order valence-electron chi connectivity index (χ2n) is 6.85. The monoisotopic (exact) mass is 314 g/mol. The Hall–Kier alpha value is -1.98. The molecule has 1 aromatic heterocycles. The molecule has 0 bridgehead atoms. The molecule has 1 aliphatic heterocycles. The van der Waals surface area contributed by atoms with Crippen LogP contribution >= 0.6 is 0 Å². The molecule has 6 nitrogen and oxygen atoms in total. The zero-order valence-corrected chi connectivity index (χ0v) is 13.2. The molecule has 3 atom stereocenters. The number of aromatic nitrogens is 2. The highest BCUT2D eigenvalue weighted by atomic mass is 16.2. The molecule has 3 aliphatic rings. The summed E-state index contributed by atoms with van der Waals surface area (Å²) >= 11 is 0. The molecule has 1 aromatic rings. The van der Waals surface area contributed by atoms with Gasteiger partial charge in [0.25, 0.3) is 5.91 Å². The van der Waals surface area contributed by atoms with Crippen LogP contribution in [-0.4, -0.2) is 57.8 Å². The van der Waals surface area contributed by atoms with Crippen LogP contribution in [0.15, 0.2) is 18.6 Å². The van der Waals surface area contributed by atoms with E-state index < -0.39 is 0 Å². The van der Waals surface area contributed by atoms with Crippen molar-refractivity contribution in [1.29, 1.82) is 0 Å². The first kappa shape index (κ1) is 14.6. The molecule has 2 aliphatic carbocycles. The number of nitrogens with zero attached hydrogens (tertiary/aromatic N) is 4. The highest BCUT2D eigenvalue weighted by molar-refractivity contribution is 5.92. The van der Waals surface area contributed by atoms with Crippen LogP contribution in [0.1, 0.15) is 36.2 Å². The zero-order valence-electron chi connectivity index (χ0n) is 13.2. The van der Waals surface area contributed by atoms with Gasteiger partial charge in [-0.15, -0.1) is 0 Å². The normalized spacial score (nSPS) is 29.8.